The van der Waals surface area contributed by atoms with Gasteiger partial charge in [-0.25, -0.2) is 0 Å². The van der Waals surface area contributed by atoms with Crippen LogP contribution in [0.3, 0.4) is 0 Å². The van der Waals surface area contributed by atoms with Crippen molar-refractivity contribution in [3.05, 3.63) is 0 Å². The number of fused-ring (bicyclic) bond motifs is 2. The molecule has 4 aliphatic rings. The molecule has 122 valence electrons. The largest absolute Gasteiger partial charge is 0.299 e. The summed E-state index contributed by atoms with van der Waals surface area (Å²) in [5.74, 6) is 2.02. The van der Waals surface area contributed by atoms with Gasteiger partial charge in [-0.1, -0.05) is 6.42 Å². The topological polar surface area (TPSA) is 43.9 Å². The van der Waals surface area contributed by atoms with Gasteiger partial charge in [0.05, 0.1) is 0 Å². The summed E-state index contributed by atoms with van der Waals surface area (Å²) < 4.78 is 0. The van der Waals surface area contributed by atoms with Crippen molar-refractivity contribution in [2.45, 2.75) is 44.6 Å². The summed E-state index contributed by atoms with van der Waals surface area (Å²) >= 11 is 0. The fraction of sp³-hybridized carbons (Fsp3) is 0.882. The summed E-state index contributed by atoms with van der Waals surface area (Å²) in [6.45, 7) is 5.94. The number of carbonyl (C=O) groups is 2. The van der Waals surface area contributed by atoms with Crippen LogP contribution < -0.4 is 0 Å². The molecule has 0 aromatic carbocycles. The molecule has 2 saturated heterocycles. The van der Waals surface area contributed by atoms with Crippen molar-refractivity contribution in [2.24, 2.45) is 11.8 Å². The minimum Gasteiger partial charge on any atom is -0.299 e. The zero-order chi connectivity index (χ0) is 15.1. The predicted molar refractivity (Wildman–Crippen MR) is 83.2 cm³/mol. The van der Waals surface area contributed by atoms with Crippen molar-refractivity contribution >= 4 is 11.8 Å². The number of nitrogens with zero attached hydrogens (tertiary/aromatic N) is 3. The summed E-state index contributed by atoms with van der Waals surface area (Å²) in [6, 6.07) is 0.850. The molecule has 0 spiro atoms. The van der Waals surface area contributed by atoms with Crippen molar-refractivity contribution in [1.29, 1.82) is 0 Å². The Bertz CT molecular complexity index is 443. The second-order valence-electron chi connectivity index (χ2n) is 7.56. The molecule has 2 bridgehead atoms. The van der Waals surface area contributed by atoms with Gasteiger partial charge in [0.25, 0.3) is 0 Å². The average molecular weight is 305 g/mol. The van der Waals surface area contributed by atoms with E-state index in [-0.39, 0.29) is 11.8 Å². The molecular weight excluding hydrogens is 278 g/mol. The summed E-state index contributed by atoms with van der Waals surface area (Å²) in [6.07, 6.45) is 6.66. The van der Waals surface area contributed by atoms with Gasteiger partial charge >= 0.3 is 0 Å². The lowest BCUT2D eigenvalue weighted by molar-refractivity contribution is -0.138. The van der Waals surface area contributed by atoms with Gasteiger partial charge in [0.1, 0.15) is 0 Å². The maximum Gasteiger partial charge on any atom is 0.229 e. The predicted octanol–water partition coefficient (Wildman–Crippen LogP) is 0.942. The fourth-order valence-corrected chi connectivity index (χ4v) is 5.09. The van der Waals surface area contributed by atoms with Gasteiger partial charge in [-0.2, -0.15) is 0 Å². The molecule has 4 rings (SSSR count). The Hall–Kier alpha value is -0.940. The highest BCUT2D eigenvalue weighted by Crippen LogP contribution is 2.46. The van der Waals surface area contributed by atoms with Gasteiger partial charge in [0, 0.05) is 58.2 Å². The molecule has 4 fully saturated rings. The van der Waals surface area contributed by atoms with Crippen molar-refractivity contribution in [2.75, 3.05) is 39.3 Å². The van der Waals surface area contributed by atoms with Gasteiger partial charge in [-0.3, -0.25) is 24.3 Å². The van der Waals surface area contributed by atoms with Crippen LogP contribution in [0.25, 0.3) is 0 Å². The van der Waals surface area contributed by atoms with Crippen molar-refractivity contribution in [1.82, 2.24) is 14.7 Å². The number of carbonyl (C=O) groups excluding carboxylic acids is 2. The van der Waals surface area contributed by atoms with E-state index in [0.29, 0.717) is 19.4 Å². The van der Waals surface area contributed by atoms with Crippen LogP contribution in [0, 0.1) is 11.8 Å². The lowest BCUT2D eigenvalue weighted by Gasteiger charge is -2.41. The molecule has 3 unspecified atom stereocenters. The van der Waals surface area contributed by atoms with Crippen LogP contribution in [0.2, 0.25) is 0 Å². The summed E-state index contributed by atoms with van der Waals surface area (Å²) in [5, 5.41) is 0. The molecule has 2 saturated carbocycles. The van der Waals surface area contributed by atoms with Gasteiger partial charge in [-0.15, -0.1) is 0 Å². The Kier molecular flexibility index (Phi) is 3.95. The first-order valence-electron chi connectivity index (χ1n) is 9.00. The SMILES string of the molecule is O=C1CCC(=O)N1CCN1CCN(C2CC3CCC2C3)CC1. The van der Waals surface area contributed by atoms with E-state index in [4.69, 9.17) is 0 Å². The van der Waals surface area contributed by atoms with Crippen LogP contribution in [-0.4, -0.2) is 71.8 Å². The molecule has 2 aliphatic carbocycles. The Morgan fingerprint density at radius 3 is 2.18 bits per heavy atom. The third kappa shape index (κ3) is 2.69. The van der Waals surface area contributed by atoms with Crippen LogP contribution >= 0.6 is 0 Å². The monoisotopic (exact) mass is 305 g/mol. The molecule has 0 aromatic heterocycles. The molecule has 2 heterocycles. The number of rotatable bonds is 4. The van der Waals surface area contributed by atoms with Crippen molar-refractivity contribution < 1.29 is 9.59 Å². The second kappa shape index (κ2) is 5.93. The first-order valence-corrected chi connectivity index (χ1v) is 9.00. The third-order valence-corrected chi connectivity index (χ3v) is 6.37. The maximum absolute atomic E-state index is 11.6. The molecule has 22 heavy (non-hydrogen) atoms. The third-order valence-electron chi connectivity index (χ3n) is 6.37. The molecule has 2 aliphatic heterocycles. The molecule has 0 radical (unpaired) electrons. The van der Waals surface area contributed by atoms with Crippen LogP contribution in [0.1, 0.15) is 38.5 Å². The van der Waals surface area contributed by atoms with Crippen molar-refractivity contribution in [3.8, 4) is 0 Å². The molecule has 0 N–H and O–H groups in total. The molecule has 5 heteroatoms. The average Bonchev–Trinajstić information content (AvgIpc) is 3.23. The van der Waals surface area contributed by atoms with E-state index in [1.807, 2.05) is 0 Å². The van der Waals surface area contributed by atoms with Crippen LogP contribution in [0.15, 0.2) is 0 Å². The molecule has 3 atom stereocenters. The van der Waals surface area contributed by atoms with E-state index in [1.54, 1.807) is 0 Å². The fourth-order valence-electron chi connectivity index (χ4n) is 5.09. The van der Waals surface area contributed by atoms with Crippen LogP contribution in [0.5, 0.6) is 0 Å². The molecule has 0 aromatic rings. The Morgan fingerprint density at radius 2 is 1.59 bits per heavy atom. The van der Waals surface area contributed by atoms with E-state index in [9.17, 15) is 9.59 Å². The molecule has 5 nitrogen and oxygen atoms in total. The minimum atomic E-state index is 0.0191. The highest BCUT2D eigenvalue weighted by atomic mass is 16.2. The highest BCUT2D eigenvalue weighted by Gasteiger charge is 2.42. The van der Waals surface area contributed by atoms with Crippen molar-refractivity contribution in [3.63, 3.8) is 0 Å². The Labute approximate surface area is 132 Å². The van der Waals surface area contributed by atoms with Crippen LogP contribution in [-0.2, 0) is 9.59 Å². The number of piperazine rings is 1. The summed E-state index contributed by atoms with van der Waals surface area (Å²) in [5.41, 5.74) is 0. The Morgan fingerprint density at radius 1 is 0.864 bits per heavy atom. The second-order valence-corrected chi connectivity index (χ2v) is 7.56. The van der Waals surface area contributed by atoms with E-state index >= 15 is 0 Å². The lowest BCUT2D eigenvalue weighted by Crippen LogP contribution is -2.53. The Balaban J connectivity index is 1.22. The lowest BCUT2D eigenvalue weighted by atomic mass is 9.93. The number of hydrogen-bond donors (Lipinski definition) is 0. The highest BCUT2D eigenvalue weighted by molar-refractivity contribution is 6.01. The minimum absolute atomic E-state index is 0.0191. The summed E-state index contributed by atoms with van der Waals surface area (Å²) in [4.78, 5) is 29.9. The van der Waals surface area contributed by atoms with E-state index in [1.165, 1.54) is 30.6 Å². The van der Waals surface area contributed by atoms with E-state index in [2.05, 4.69) is 9.80 Å². The van der Waals surface area contributed by atoms with Gasteiger partial charge in [-0.05, 0) is 31.1 Å². The van der Waals surface area contributed by atoms with Crippen LogP contribution in [0.4, 0.5) is 0 Å². The maximum atomic E-state index is 11.6. The molecular formula is C17H27N3O2. The normalized spacial score (nSPS) is 36.7. The zero-order valence-corrected chi connectivity index (χ0v) is 13.4. The first-order chi connectivity index (χ1) is 10.7. The number of likely N-dealkylation sites (tertiary alicyclic amines) is 1. The summed E-state index contributed by atoms with van der Waals surface area (Å²) in [7, 11) is 0. The smallest absolute Gasteiger partial charge is 0.229 e. The van der Waals surface area contributed by atoms with Gasteiger partial charge in [0.15, 0.2) is 0 Å². The first kappa shape index (κ1) is 14.6. The van der Waals surface area contributed by atoms with Gasteiger partial charge < -0.3 is 0 Å². The zero-order valence-electron chi connectivity index (χ0n) is 13.4. The quantitative estimate of drug-likeness (QED) is 0.725. The van der Waals surface area contributed by atoms with Gasteiger partial charge in [0.2, 0.25) is 11.8 Å². The van der Waals surface area contributed by atoms with E-state index in [0.717, 1.165) is 50.6 Å². The number of imide groups is 1. The standard InChI is InChI=1S/C17H27N3O2/c21-16-3-4-17(22)20(16)10-7-18-5-8-19(9-6-18)15-12-13-1-2-14(15)11-13/h13-15H,1-12H2. The number of amides is 2. The molecule has 2 amide bonds. The van der Waals surface area contributed by atoms with E-state index < -0.39 is 0 Å². The number of hydrogen-bond acceptors (Lipinski definition) is 4.